The van der Waals surface area contributed by atoms with Crippen molar-refractivity contribution in [2.75, 3.05) is 19.0 Å². The van der Waals surface area contributed by atoms with Crippen molar-refractivity contribution in [3.05, 3.63) is 0 Å². The molecule has 0 saturated carbocycles. The lowest BCUT2D eigenvalue weighted by molar-refractivity contribution is 0.243. The Bertz CT molecular complexity index is 127. The predicted octanol–water partition coefficient (Wildman–Crippen LogP) is 2.74. The van der Waals surface area contributed by atoms with Gasteiger partial charge in [-0.3, -0.25) is 0 Å². The molecule has 2 unspecified atom stereocenters. The highest BCUT2D eigenvalue weighted by atomic mass is 35.5. The molecule has 2 heteroatoms. The van der Waals surface area contributed by atoms with Gasteiger partial charge in [0.15, 0.2) is 0 Å². The van der Waals surface area contributed by atoms with Gasteiger partial charge in [-0.25, -0.2) is 0 Å². The van der Waals surface area contributed by atoms with Crippen LogP contribution in [0.1, 0.15) is 33.1 Å². The minimum absolute atomic E-state index is 0.769. The first-order valence-electron chi connectivity index (χ1n) is 5.08. The fourth-order valence-electron chi connectivity index (χ4n) is 1.91. The third kappa shape index (κ3) is 2.63. The first-order chi connectivity index (χ1) is 5.77. The van der Waals surface area contributed by atoms with Gasteiger partial charge >= 0.3 is 0 Å². The molecule has 0 aromatic carbocycles. The van der Waals surface area contributed by atoms with Crippen molar-refractivity contribution in [3.63, 3.8) is 0 Å². The van der Waals surface area contributed by atoms with Gasteiger partial charge in [-0.05, 0) is 38.6 Å². The summed E-state index contributed by atoms with van der Waals surface area (Å²) in [6.07, 6.45) is 3.83. The fourth-order valence-corrected chi connectivity index (χ4v) is 2.22. The molecule has 0 aromatic heterocycles. The molecule has 0 amide bonds. The van der Waals surface area contributed by atoms with Crippen LogP contribution >= 0.6 is 11.6 Å². The summed E-state index contributed by atoms with van der Waals surface area (Å²) in [5.41, 5.74) is 0. The summed E-state index contributed by atoms with van der Waals surface area (Å²) in [5, 5.41) is 0. The van der Waals surface area contributed by atoms with E-state index >= 15 is 0 Å². The molecule has 0 bridgehead atoms. The molecular formula is C10H20ClN. The van der Waals surface area contributed by atoms with Gasteiger partial charge in [0.25, 0.3) is 0 Å². The Balaban J connectivity index is 2.25. The van der Waals surface area contributed by atoms with Crippen molar-refractivity contribution >= 4 is 11.6 Å². The summed E-state index contributed by atoms with van der Waals surface area (Å²) in [4.78, 5) is 2.59. The molecule has 1 aliphatic heterocycles. The minimum Gasteiger partial charge on any atom is -0.300 e. The zero-order valence-electron chi connectivity index (χ0n) is 8.22. The Morgan fingerprint density at radius 2 is 2.33 bits per heavy atom. The van der Waals surface area contributed by atoms with Crippen LogP contribution in [0.15, 0.2) is 0 Å². The first kappa shape index (κ1) is 10.3. The van der Waals surface area contributed by atoms with Gasteiger partial charge < -0.3 is 4.90 Å². The van der Waals surface area contributed by atoms with Crippen LogP contribution in [0, 0.1) is 5.92 Å². The van der Waals surface area contributed by atoms with E-state index in [9.17, 15) is 0 Å². The quantitative estimate of drug-likeness (QED) is 0.615. The second-order valence-electron chi connectivity index (χ2n) is 3.88. The van der Waals surface area contributed by atoms with Crippen LogP contribution in [0.2, 0.25) is 0 Å². The van der Waals surface area contributed by atoms with Gasteiger partial charge in [-0.2, -0.15) is 0 Å². The van der Waals surface area contributed by atoms with Crippen molar-refractivity contribution in [2.45, 2.75) is 39.2 Å². The molecule has 72 valence electrons. The SMILES string of the molecule is CCC(C)N1CCC(CCCl)C1. The summed E-state index contributed by atoms with van der Waals surface area (Å²) < 4.78 is 0. The van der Waals surface area contributed by atoms with Crippen LogP contribution in [-0.4, -0.2) is 29.9 Å². The van der Waals surface area contributed by atoms with Crippen LogP contribution < -0.4 is 0 Å². The number of hydrogen-bond acceptors (Lipinski definition) is 1. The summed E-state index contributed by atoms with van der Waals surface area (Å²) in [6.45, 7) is 7.15. The van der Waals surface area contributed by atoms with E-state index in [1.165, 1.54) is 32.4 Å². The molecule has 2 atom stereocenters. The summed E-state index contributed by atoms with van der Waals surface area (Å²) >= 11 is 5.72. The van der Waals surface area contributed by atoms with E-state index in [-0.39, 0.29) is 0 Å². The molecule has 1 heterocycles. The average molecular weight is 190 g/mol. The monoisotopic (exact) mass is 189 g/mol. The van der Waals surface area contributed by atoms with Gasteiger partial charge in [-0.1, -0.05) is 6.92 Å². The third-order valence-electron chi connectivity index (χ3n) is 3.05. The van der Waals surface area contributed by atoms with Gasteiger partial charge in [0.2, 0.25) is 0 Å². The van der Waals surface area contributed by atoms with E-state index in [1.807, 2.05) is 0 Å². The van der Waals surface area contributed by atoms with Gasteiger partial charge in [-0.15, -0.1) is 11.6 Å². The van der Waals surface area contributed by atoms with Crippen molar-refractivity contribution < 1.29 is 0 Å². The largest absolute Gasteiger partial charge is 0.300 e. The van der Waals surface area contributed by atoms with E-state index in [0.29, 0.717) is 0 Å². The Labute approximate surface area is 81.1 Å². The number of nitrogens with zero attached hydrogens (tertiary/aromatic N) is 1. The van der Waals surface area contributed by atoms with E-state index < -0.39 is 0 Å². The van der Waals surface area contributed by atoms with Crippen molar-refractivity contribution in [3.8, 4) is 0 Å². The molecule has 0 aromatic rings. The van der Waals surface area contributed by atoms with E-state index in [4.69, 9.17) is 11.6 Å². The van der Waals surface area contributed by atoms with Crippen molar-refractivity contribution in [2.24, 2.45) is 5.92 Å². The lowest BCUT2D eigenvalue weighted by Crippen LogP contribution is -2.30. The zero-order chi connectivity index (χ0) is 8.97. The number of alkyl halides is 1. The lowest BCUT2D eigenvalue weighted by atomic mass is 10.1. The molecule has 0 N–H and O–H groups in total. The summed E-state index contributed by atoms with van der Waals surface area (Å²) in [7, 11) is 0. The third-order valence-corrected chi connectivity index (χ3v) is 3.27. The van der Waals surface area contributed by atoms with Crippen LogP contribution in [0.3, 0.4) is 0 Å². The molecule has 1 saturated heterocycles. The normalized spacial score (nSPS) is 27.8. The predicted molar refractivity (Wildman–Crippen MR) is 54.8 cm³/mol. The van der Waals surface area contributed by atoms with Crippen molar-refractivity contribution in [1.29, 1.82) is 0 Å². The van der Waals surface area contributed by atoms with Crippen LogP contribution in [-0.2, 0) is 0 Å². The number of rotatable bonds is 4. The summed E-state index contributed by atoms with van der Waals surface area (Å²) in [5.74, 6) is 1.70. The molecule has 1 fully saturated rings. The lowest BCUT2D eigenvalue weighted by Gasteiger charge is -2.22. The molecule has 1 rings (SSSR count). The maximum atomic E-state index is 5.72. The number of hydrogen-bond donors (Lipinski definition) is 0. The standard InChI is InChI=1S/C10H20ClN/c1-3-9(2)12-7-5-10(8-12)4-6-11/h9-10H,3-8H2,1-2H3. The van der Waals surface area contributed by atoms with Gasteiger partial charge in [0.05, 0.1) is 0 Å². The molecule has 0 radical (unpaired) electrons. The Morgan fingerprint density at radius 1 is 1.58 bits per heavy atom. The van der Waals surface area contributed by atoms with Gasteiger partial charge in [0.1, 0.15) is 0 Å². The highest BCUT2D eigenvalue weighted by Gasteiger charge is 2.24. The molecular weight excluding hydrogens is 170 g/mol. The molecule has 0 spiro atoms. The first-order valence-corrected chi connectivity index (χ1v) is 5.61. The van der Waals surface area contributed by atoms with E-state index in [1.54, 1.807) is 0 Å². The number of likely N-dealkylation sites (tertiary alicyclic amines) is 1. The van der Waals surface area contributed by atoms with Crippen LogP contribution in [0.4, 0.5) is 0 Å². The highest BCUT2D eigenvalue weighted by molar-refractivity contribution is 6.17. The number of halogens is 1. The topological polar surface area (TPSA) is 3.24 Å². The Hall–Kier alpha value is 0.250. The van der Waals surface area contributed by atoms with E-state index in [2.05, 4.69) is 18.7 Å². The Morgan fingerprint density at radius 3 is 2.92 bits per heavy atom. The molecule has 0 aliphatic carbocycles. The van der Waals surface area contributed by atoms with Crippen LogP contribution in [0.5, 0.6) is 0 Å². The average Bonchev–Trinajstić information content (AvgIpc) is 2.52. The second kappa shape index (κ2) is 5.08. The molecule has 1 aliphatic rings. The zero-order valence-corrected chi connectivity index (χ0v) is 8.98. The fraction of sp³-hybridized carbons (Fsp3) is 1.00. The van der Waals surface area contributed by atoms with Crippen molar-refractivity contribution in [1.82, 2.24) is 4.90 Å². The molecule has 12 heavy (non-hydrogen) atoms. The maximum Gasteiger partial charge on any atom is 0.0226 e. The smallest absolute Gasteiger partial charge is 0.0226 e. The highest BCUT2D eigenvalue weighted by Crippen LogP contribution is 2.22. The van der Waals surface area contributed by atoms with Crippen LogP contribution in [0.25, 0.3) is 0 Å². The molecule has 1 nitrogen and oxygen atoms in total. The van der Waals surface area contributed by atoms with Gasteiger partial charge in [0, 0.05) is 18.5 Å². The maximum absolute atomic E-state index is 5.72. The van der Waals surface area contributed by atoms with E-state index in [0.717, 1.165) is 17.8 Å². The minimum atomic E-state index is 0.769. The summed E-state index contributed by atoms with van der Waals surface area (Å²) in [6, 6.07) is 0.769. The Kier molecular flexibility index (Phi) is 4.38. The second-order valence-corrected chi connectivity index (χ2v) is 4.26.